The zero-order chi connectivity index (χ0) is 17.1. The van der Waals surface area contributed by atoms with Crippen molar-refractivity contribution in [2.45, 2.75) is 6.54 Å². The van der Waals surface area contributed by atoms with Gasteiger partial charge in [0.15, 0.2) is 0 Å². The van der Waals surface area contributed by atoms with Crippen LogP contribution in [0.5, 0.6) is 0 Å². The number of hydrogen-bond donors (Lipinski definition) is 2. The van der Waals surface area contributed by atoms with Crippen LogP contribution in [0.25, 0.3) is 10.6 Å². The molecule has 2 aromatic carbocycles. The summed E-state index contributed by atoms with van der Waals surface area (Å²) in [6, 6.07) is 9.61. The van der Waals surface area contributed by atoms with Crippen molar-refractivity contribution < 1.29 is 9.18 Å². The molecule has 3 rings (SSSR count). The molecule has 0 unspecified atom stereocenters. The number of nitrogens with zero attached hydrogens (tertiary/aromatic N) is 1. The van der Waals surface area contributed by atoms with Crippen molar-refractivity contribution >= 4 is 34.5 Å². The fourth-order valence-corrected chi connectivity index (χ4v) is 2.99. The first-order chi connectivity index (χ1) is 11.5. The third-order valence-electron chi connectivity index (χ3n) is 3.41. The van der Waals surface area contributed by atoms with Crippen molar-refractivity contribution in [1.29, 1.82) is 0 Å². The monoisotopic (exact) mass is 361 g/mol. The molecule has 0 fully saturated rings. The second-order valence-corrected chi connectivity index (χ2v) is 6.40. The number of amides is 1. The quantitative estimate of drug-likeness (QED) is 0.687. The molecule has 0 radical (unpaired) electrons. The van der Waals surface area contributed by atoms with Crippen molar-refractivity contribution in [3.63, 3.8) is 0 Å². The molecule has 24 heavy (non-hydrogen) atoms. The Morgan fingerprint density at radius 3 is 2.71 bits per heavy atom. The van der Waals surface area contributed by atoms with Crippen LogP contribution >= 0.6 is 22.9 Å². The molecule has 0 atom stereocenters. The van der Waals surface area contributed by atoms with Gasteiger partial charge in [0.25, 0.3) is 5.91 Å². The number of nitrogens with one attached hydrogen (secondary N) is 1. The summed E-state index contributed by atoms with van der Waals surface area (Å²) in [6.07, 6.45) is 1.62. The highest BCUT2D eigenvalue weighted by molar-refractivity contribution is 7.13. The van der Waals surface area contributed by atoms with E-state index in [4.69, 9.17) is 17.3 Å². The molecule has 7 heteroatoms. The summed E-state index contributed by atoms with van der Waals surface area (Å²) < 4.78 is 14.3. The van der Waals surface area contributed by atoms with Gasteiger partial charge in [0.1, 0.15) is 10.8 Å². The Morgan fingerprint density at radius 1 is 1.29 bits per heavy atom. The number of carbonyl (C=O) groups excluding carboxylic acids is 1. The highest BCUT2D eigenvalue weighted by Gasteiger charge is 2.16. The number of rotatable bonds is 4. The van der Waals surface area contributed by atoms with Crippen LogP contribution in [0.3, 0.4) is 0 Å². The third-order valence-corrected chi connectivity index (χ3v) is 4.47. The van der Waals surface area contributed by atoms with Gasteiger partial charge in [-0.25, -0.2) is 9.37 Å². The Kier molecular flexibility index (Phi) is 4.78. The minimum atomic E-state index is -0.636. The molecular weight excluding hydrogens is 349 g/mol. The van der Waals surface area contributed by atoms with E-state index in [1.54, 1.807) is 35.8 Å². The average molecular weight is 362 g/mol. The van der Waals surface area contributed by atoms with Crippen molar-refractivity contribution in [3.8, 4) is 10.6 Å². The van der Waals surface area contributed by atoms with Crippen molar-refractivity contribution in [1.82, 2.24) is 10.3 Å². The highest BCUT2D eigenvalue weighted by atomic mass is 35.5. The molecule has 3 aromatic rings. The van der Waals surface area contributed by atoms with E-state index in [1.165, 1.54) is 23.5 Å². The summed E-state index contributed by atoms with van der Waals surface area (Å²) in [6.45, 7) is 0.267. The Morgan fingerprint density at radius 2 is 2.04 bits per heavy atom. The molecule has 0 aliphatic carbocycles. The van der Waals surface area contributed by atoms with Gasteiger partial charge in [-0.3, -0.25) is 4.79 Å². The van der Waals surface area contributed by atoms with Crippen LogP contribution in [-0.2, 0) is 6.54 Å². The lowest BCUT2D eigenvalue weighted by atomic mass is 10.1. The van der Waals surface area contributed by atoms with Crippen LogP contribution in [-0.4, -0.2) is 10.9 Å². The first-order valence-electron chi connectivity index (χ1n) is 7.06. The molecule has 3 N–H and O–H groups in total. The lowest BCUT2D eigenvalue weighted by molar-refractivity contribution is 0.0947. The number of benzene rings is 2. The number of aromatic nitrogens is 1. The van der Waals surface area contributed by atoms with E-state index in [9.17, 15) is 9.18 Å². The van der Waals surface area contributed by atoms with E-state index >= 15 is 0 Å². The van der Waals surface area contributed by atoms with Crippen LogP contribution in [0.4, 0.5) is 10.1 Å². The minimum Gasteiger partial charge on any atom is -0.398 e. The number of hydrogen-bond acceptors (Lipinski definition) is 4. The van der Waals surface area contributed by atoms with E-state index in [1.807, 2.05) is 0 Å². The van der Waals surface area contributed by atoms with Crippen LogP contribution in [0.1, 0.15) is 15.9 Å². The maximum absolute atomic E-state index is 14.3. The van der Waals surface area contributed by atoms with Crippen LogP contribution in [0.2, 0.25) is 5.02 Å². The summed E-state index contributed by atoms with van der Waals surface area (Å²) in [7, 11) is 0. The van der Waals surface area contributed by atoms with E-state index in [-0.39, 0.29) is 12.1 Å². The Labute approximate surface area is 147 Å². The van der Waals surface area contributed by atoms with E-state index in [2.05, 4.69) is 10.3 Å². The number of halogens is 2. The fourth-order valence-electron chi connectivity index (χ4n) is 2.19. The number of carbonyl (C=O) groups is 1. The van der Waals surface area contributed by atoms with Gasteiger partial charge in [-0.05, 0) is 29.8 Å². The first-order valence-corrected chi connectivity index (χ1v) is 8.32. The number of thiazole rings is 1. The Hall–Kier alpha value is -2.44. The van der Waals surface area contributed by atoms with E-state index in [0.717, 1.165) is 5.56 Å². The number of nitrogen functional groups attached to an aromatic ring is 1. The average Bonchev–Trinajstić information content (AvgIpc) is 3.10. The molecule has 0 aliphatic heterocycles. The zero-order valence-corrected chi connectivity index (χ0v) is 14.0. The summed E-state index contributed by atoms with van der Waals surface area (Å²) in [4.78, 5) is 16.3. The summed E-state index contributed by atoms with van der Waals surface area (Å²) in [5, 5.41) is 5.67. The molecule has 122 valence electrons. The number of nitrogens with two attached hydrogens (primary N) is 1. The van der Waals surface area contributed by atoms with Crippen LogP contribution in [0, 0.1) is 5.82 Å². The van der Waals surface area contributed by atoms with Gasteiger partial charge >= 0.3 is 0 Å². The third kappa shape index (κ3) is 3.55. The summed E-state index contributed by atoms with van der Waals surface area (Å²) in [5.74, 6) is -1.16. The predicted octanol–water partition coefficient (Wildman–Crippen LogP) is 4.11. The molecule has 1 aromatic heterocycles. The van der Waals surface area contributed by atoms with E-state index < -0.39 is 11.7 Å². The van der Waals surface area contributed by atoms with Gasteiger partial charge in [-0.15, -0.1) is 11.3 Å². The lowest BCUT2D eigenvalue weighted by Gasteiger charge is -2.09. The largest absolute Gasteiger partial charge is 0.398 e. The second kappa shape index (κ2) is 6.98. The Balaban J connectivity index is 1.77. The topological polar surface area (TPSA) is 68.0 Å². The molecular formula is C17H13ClFN3OS. The molecule has 0 saturated heterocycles. The van der Waals surface area contributed by atoms with Crippen molar-refractivity contribution in [2.75, 3.05) is 5.73 Å². The van der Waals surface area contributed by atoms with E-state index in [0.29, 0.717) is 21.3 Å². The zero-order valence-electron chi connectivity index (χ0n) is 12.4. The molecule has 4 nitrogen and oxygen atoms in total. The molecule has 1 heterocycles. The van der Waals surface area contributed by atoms with Crippen molar-refractivity contribution in [3.05, 3.63) is 69.9 Å². The van der Waals surface area contributed by atoms with Gasteiger partial charge in [-0.2, -0.15) is 0 Å². The predicted molar refractivity (Wildman–Crippen MR) is 94.5 cm³/mol. The van der Waals surface area contributed by atoms with Crippen LogP contribution in [0.15, 0.2) is 48.0 Å². The SMILES string of the molecule is Nc1cc(C(=O)NCc2ccc(Cl)cc2)c(F)cc1-c1nccs1. The first kappa shape index (κ1) is 16.4. The molecule has 0 aliphatic rings. The van der Waals surface area contributed by atoms with Crippen LogP contribution < -0.4 is 11.1 Å². The molecule has 1 amide bonds. The molecule has 0 saturated carbocycles. The fraction of sp³-hybridized carbons (Fsp3) is 0.0588. The Bertz CT molecular complexity index is 866. The van der Waals surface area contributed by atoms with Gasteiger partial charge in [0.2, 0.25) is 0 Å². The number of anilines is 1. The normalized spacial score (nSPS) is 10.6. The standard InChI is InChI=1S/C17H13ClFN3OS/c18-11-3-1-10(2-4-11)9-22-16(23)12-8-15(20)13(7-14(12)19)17-21-5-6-24-17/h1-8H,9,20H2,(H,22,23). The van der Waals surface area contributed by atoms with Gasteiger partial charge in [0, 0.05) is 34.4 Å². The van der Waals surface area contributed by atoms with Gasteiger partial charge in [0.05, 0.1) is 5.56 Å². The van der Waals surface area contributed by atoms with Crippen molar-refractivity contribution in [2.24, 2.45) is 0 Å². The molecule has 0 spiro atoms. The maximum Gasteiger partial charge on any atom is 0.254 e. The summed E-state index contributed by atoms with van der Waals surface area (Å²) >= 11 is 7.16. The molecule has 0 bridgehead atoms. The highest BCUT2D eigenvalue weighted by Crippen LogP contribution is 2.30. The minimum absolute atomic E-state index is 0.0956. The van der Waals surface area contributed by atoms with Gasteiger partial charge in [-0.1, -0.05) is 23.7 Å². The lowest BCUT2D eigenvalue weighted by Crippen LogP contribution is -2.24. The second-order valence-electron chi connectivity index (χ2n) is 5.07. The van der Waals surface area contributed by atoms with Gasteiger partial charge < -0.3 is 11.1 Å². The maximum atomic E-state index is 14.3. The summed E-state index contributed by atoms with van der Waals surface area (Å²) in [5.41, 5.74) is 7.51. The smallest absolute Gasteiger partial charge is 0.254 e.